The highest BCUT2D eigenvalue weighted by Crippen LogP contribution is 2.21. The molecule has 0 aliphatic carbocycles. The molecule has 0 aliphatic rings. The van der Waals surface area contributed by atoms with Crippen molar-refractivity contribution in [2.45, 2.75) is 25.8 Å². The molecular weight excluding hydrogens is 287 g/mol. The number of carbonyl (C=O) groups excluding carboxylic acids is 1. The van der Waals surface area contributed by atoms with Crippen LogP contribution in [0.25, 0.3) is 0 Å². The lowest BCUT2D eigenvalue weighted by molar-refractivity contribution is -0.121. The number of carbonyl (C=O) groups is 1. The van der Waals surface area contributed by atoms with E-state index in [0.29, 0.717) is 41.8 Å². The van der Waals surface area contributed by atoms with E-state index in [1.165, 1.54) is 6.20 Å². The van der Waals surface area contributed by atoms with Crippen LogP contribution in [0.15, 0.2) is 12.3 Å². The third-order valence-electron chi connectivity index (χ3n) is 2.37. The molecule has 1 heterocycles. The standard InChI is InChI=1S/C12H18Cl2N4O/c1-8(15)2-3-11(19)16-4-5-17-12-10(14)6-9(13)7-18-12/h6-8H,2-5,15H2,1H3,(H,16,19)(H,17,18). The zero-order chi connectivity index (χ0) is 14.3. The Hall–Kier alpha value is -1.04. The van der Waals surface area contributed by atoms with Gasteiger partial charge in [0, 0.05) is 31.7 Å². The highest BCUT2D eigenvalue weighted by atomic mass is 35.5. The molecule has 1 atom stereocenters. The molecule has 0 aliphatic heterocycles. The van der Waals surface area contributed by atoms with Crippen molar-refractivity contribution in [2.24, 2.45) is 5.73 Å². The molecule has 5 nitrogen and oxygen atoms in total. The third kappa shape index (κ3) is 6.61. The molecular formula is C12H18Cl2N4O. The van der Waals surface area contributed by atoms with Crippen molar-refractivity contribution in [2.75, 3.05) is 18.4 Å². The molecule has 1 aromatic rings. The fraction of sp³-hybridized carbons (Fsp3) is 0.500. The highest BCUT2D eigenvalue weighted by Gasteiger charge is 2.04. The molecule has 7 heteroatoms. The molecule has 1 rings (SSSR count). The van der Waals surface area contributed by atoms with E-state index in [4.69, 9.17) is 28.9 Å². The average Bonchev–Trinajstić information content (AvgIpc) is 2.34. The first-order chi connectivity index (χ1) is 8.99. The minimum Gasteiger partial charge on any atom is -0.367 e. The van der Waals surface area contributed by atoms with Crippen molar-refractivity contribution in [3.63, 3.8) is 0 Å². The van der Waals surface area contributed by atoms with Crippen LogP contribution in [0.3, 0.4) is 0 Å². The van der Waals surface area contributed by atoms with E-state index in [-0.39, 0.29) is 11.9 Å². The van der Waals surface area contributed by atoms with Crippen molar-refractivity contribution < 1.29 is 4.79 Å². The zero-order valence-electron chi connectivity index (χ0n) is 10.7. The van der Waals surface area contributed by atoms with E-state index in [9.17, 15) is 4.79 Å². The number of nitrogens with zero attached hydrogens (tertiary/aromatic N) is 1. The van der Waals surface area contributed by atoms with Gasteiger partial charge in [-0.25, -0.2) is 4.98 Å². The maximum atomic E-state index is 11.4. The predicted octanol–water partition coefficient (Wildman–Crippen LogP) is 2.04. The minimum absolute atomic E-state index is 0.00531. The molecule has 0 bridgehead atoms. The van der Waals surface area contributed by atoms with Gasteiger partial charge in [-0.1, -0.05) is 23.2 Å². The number of hydrogen-bond acceptors (Lipinski definition) is 4. The van der Waals surface area contributed by atoms with Crippen molar-refractivity contribution in [1.29, 1.82) is 0 Å². The van der Waals surface area contributed by atoms with E-state index in [1.54, 1.807) is 6.07 Å². The second-order valence-corrected chi connectivity index (χ2v) is 5.12. The maximum absolute atomic E-state index is 11.4. The summed E-state index contributed by atoms with van der Waals surface area (Å²) in [5, 5.41) is 6.74. The number of pyridine rings is 1. The van der Waals surface area contributed by atoms with Gasteiger partial charge in [0.05, 0.1) is 10.0 Å². The SMILES string of the molecule is CC(N)CCC(=O)NCCNc1ncc(Cl)cc1Cl. The largest absolute Gasteiger partial charge is 0.367 e. The molecule has 0 aromatic carbocycles. The van der Waals surface area contributed by atoms with Gasteiger partial charge in [0.1, 0.15) is 5.82 Å². The lowest BCUT2D eigenvalue weighted by atomic mass is 10.2. The molecule has 19 heavy (non-hydrogen) atoms. The van der Waals surface area contributed by atoms with E-state index in [0.717, 1.165) is 0 Å². The summed E-state index contributed by atoms with van der Waals surface area (Å²) in [7, 11) is 0. The van der Waals surface area contributed by atoms with Gasteiger partial charge in [0.25, 0.3) is 0 Å². The molecule has 1 unspecified atom stereocenters. The van der Waals surface area contributed by atoms with Gasteiger partial charge in [-0.3, -0.25) is 4.79 Å². The van der Waals surface area contributed by atoms with Gasteiger partial charge in [-0.15, -0.1) is 0 Å². The first-order valence-corrected chi connectivity index (χ1v) is 6.82. The van der Waals surface area contributed by atoms with Crippen LogP contribution in [0.5, 0.6) is 0 Å². The summed E-state index contributed by atoms with van der Waals surface area (Å²) in [6.07, 6.45) is 2.64. The summed E-state index contributed by atoms with van der Waals surface area (Å²) >= 11 is 11.7. The van der Waals surface area contributed by atoms with Gasteiger partial charge in [0.15, 0.2) is 0 Å². The number of anilines is 1. The summed E-state index contributed by atoms with van der Waals surface area (Å²) in [5.41, 5.74) is 5.57. The van der Waals surface area contributed by atoms with Crippen LogP contribution in [0.4, 0.5) is 5.82 Å². The first-order valence-electron chi connectivity index (χ1n) is 6.06. The van der Waals surface area contributed by atoms with Crippen LogP contribution in [0, 0.1) is 0 Å². The second kappa shape index (κ2) is 8.19. The number of nitrogens with two attached hydrogens (primary N) is 1. The summed E-state index contributed by atoms with van der Waals surface area (Å²) in [5.74, 6) is 0.546. The quantitative estimate of drug-likeness (QED) is 0.674. The number of rotatable bonds is 7. The Labute approximate surface area is 122 Å². The van der Waals surface area contributed by atoms with E-state index in [1.807, 2.05) is 6.92 Å². The smallest absolute Gasteiger partial charge is 0.220 e. The summed E-state index contributed by atoms with van der Waals surface area (Å²) in [6.45, 7) is 2.92. The van der Waals surface area contributed by atoms with Gasteiger partial charge in [0.2, 0.25) is 5.91 Å². The number of aromatic nitrogens is 1. The van der Waals surface area contributed by atoms with Gasteiger partial charge in [-0.2, -0.15) is 0 Å². The maximum Gasteiger partial charge on any atom is 0.220 e. The lowest BCUT2D eigenvalue weighted by Gasteiger charge is -2.09. The van der Waals surface area contributed by atoms with Crippen molar-refractivity contribution in [3.05, 3.63) is 22.3 Å². The zero-order valence-corrected chi connectivity index (χ0v) is 12.3. The number of halogens is 2. The molecule has 4 N–H and O–H groups in total. The van der Waals surface area contributed by atoms with Crippen molar-refractivity contribution in [1.82, 2.24) is 10.3 Å². The Morgan fingerprint density at radius 2 is 2.21 bits per heavy atom. The fourth-order valence-corrected chi connectivity index (χ4v) is 1.82. The lowest BCUT2D eigenvalue weighted by Crippen LogP contribution is -2.30. The molecule has 0 radical (unpaired) electrons. The number of nitrogens with one attached hydrogen (secondary N) is 2. The van der Waals surface area contributed by atoms with Crippen LogP contribution in [-0.4, -0.2) is 30.0 Å². The van der Waals surface area contributed by atoms with Crippen LogP contribution >= 0.6 is 23.2 Å². The molecule has 106 valence electrons. The minimum atomic E-state index is -0.00531. The van der Waals surface area contributed by atoms with Crippen LogP contribution in [-0.2, 0) is 4.79 Å². The Morgan fingerprint density at radius 1 is 1.47 bits per heavy atom. The van der Waals surface area contributed by atoms with E-state index >= 15 is 0 Å². The summed E-state index contributed by atoms with van der Waals surface area (Å²) < 4.78 is 0. The van der Waals surface area contributed by atoms with Gasteiger partial charge < -0.3 is 16.4 Å². The monoisotopic (exact) mass is 304 g/mol. The van der Waals surface area contributed by atoms with Crippen molar-refractivity contribution in [3.8, 4) is 0 Å². The van der Waals surface area contributed by atoms with Crippen LogP contribution in [0.1, 0.15) is 19.8 Å². The molecule has 1 amide bonds. The Bertz CT molecular complexity index is 426. The molecule has 1 aromatic heterocycles. The van der Waals surface area contributed by atoms with Crippen LogP contribution in [0.2, 0.25) is 10.0 Å². The Balaban J connectivity index is 2.22. The predicted molar refractivity (Wildman–Crippen MR) is 78.6 cm³/mol. The fourth-order valence-electron chi connectivity index (χ4n) is 1.37. The highest BCUT2D eigenvalue weighted by molar-refractivity contribution is 6.35. The molecule has 0 spiro atoms. The number of amides is 1. The Morgan fingerprint density at radius 3 is 2.84 bits per heavy atom. The van der Waals surface area contributed by atoms with Crippen LogP contribution < -0.4 is 16.4 Å². The normalized spacial score (nSPS) is 12.0. The number of hydrogen-bond donors (Lipinski definition) is 3. The average molecular weight is 305 g/mol. The van der Waals surface area contributed by atoms with E-state index < -0.39 is 0 Å². The molecule has 0 saturated heterocycles. The van der Waals surface area contributed by atoms with Gasteiger partial charge in [-0.05, 0) is 19.4 Å². The summed E-state index contributed by atoms with van der Waals surface area (Å²) in [6, 6.07) is 1.65. The molecule has 0 saturated carbocycles. The first kappa shape index (κ1) is 16.0. The van der Waals surface area contributed by atoms with E-state index in [2.05, 4.69) is 15.6 Å². The van der Waals surface area contributed by atoms with Gasteiger partial charge >= 0.3 is 0 Å². The molecule has 0 fully saturated rings. The third-order valence-corrected chi connectivity index (χ3v) is 2.87. The summed E-state index contributed by atoms with van der Waals surface area (Å²) in [4.78, 5) is 15.5. The van der Waals surface area contributed by atoms with Crippen molar-refractivity contribution >= 4 is 34.9 Å². The second-order valence-electron chi connectivity index (χ2n) is 4.28. The topological polar surface area (TPSA) is 80.0 Å². The Kier molecular flexibility index (Phi) is 6.91.